The number of esters is 1. The minimum atomic E-state index is -0.284. The first-order valence-electron chi connectivity index (χ1n) is 7.86. The predicted octanol–water partition coefficient (Wildman–Crippen LogP) is 1.51. The van der Waals surface area contributed by atoms with Crippen LogP contribution in [0.4, 0.5) is 0 Å². The smallest absolute Gasteiger partial charge is 0.333 e. The predicted molar refractivity (Wildman–Crippen MR) is 74.0 cm³/mol. The lowest BCUT2D eigenvalue weighted by Gasteiger charge is -2.33. The number of carbonyl (C=O) groups is 1. The third kappa shape index (κ3) is 1.92. The quantitative estimate of drug-likeness (QED) is 0.358. The molecule has 4 nitrogen and oxygen atoms in total. The second-order valence-electron chi connectivity index (χ2n) is 6.99. The van der Waals surface area contributed by atoms with Crippen LogP contribution >= 0.6 is 0 Å². The van der Waals surface area contributed by atoms with Crippen LogP contribution < -0.4 is 5.32 Å². The van der Waals surface area contributed by atoms with Crippen LogP contribution in [0.2, 0.25) is 0 Å². The zero-order valence-electron chi connectivity index (χ0n) is 12.0. The molecule has 1 heterocycles. The third-order valence-electron chi connectivity index (χ3n) is 5.83. The lowest BCUT2D eigenvalue weighted by molar-refractivity contribution is -0.138. The van der Waals surface area contributed by atoms with Crippen molar-refractivity contribution in [3.05, 3.63) is 12.2 Å². The molecule has 3 saturated carbocycles. The number of rotatable bonds is 5. The highest BCUT2D eigenvalue weighted by atomic mass is 16.6. The van der Waals surface area contributed by atoms with Crippen molar-refractivity contribution in [2.24, 2.45) is 23.7 Å². The van der Waals surface area contributed by atoms with Crippen LogP contribution in [0.3, 0.4) is 0 Å². The Balaban J connectivity index is 1.24. The lowest BCUT2D eigenvalue weighted by atomic mass is 9.78. The SMILES string of the molecule is C=C(C)C(=O)OCCNC1CC2CC1C1CC3OC3C21. The summed E-state index contributed by atoms with van der Waals surface area (Å²) >= 11 is 0. The molecule has 4 heteroatoms. The molecule has 0 spiro atoms. The summed E-state index contributed by atoms with van der Waals surface area (Å²) in [5, 5.41) is 3.60. The monoisotopic (exact) mass is 277 g/mol. The van der Waals surface area contributed by atoms with E-state index < -0.39 is 0 Å². The fourth-order valence-corrected chi connectivity index (χ4v) is 5.08. The van der Waals surface area contributed by atoms with E-state index in [9.17, 15) is 4.79 Å². The molecular formula is C16H23NO3. The van der Waals surface area contributed by atoms with Gasteiger partial charge in [-0.05, 0) is 49.9 Å². The first-order valence-corrected chi connectivity index (χ1v) is 7.86. The van der Waals surface area contributed by atoms with Crippen molar-refractivity contribution in [1.29, 1.82) is 0 Å². The van der Waals surface area contributed by atoms with Gasteiger partial charge >= 0.3 is 5.97 Å². The van der Waals surface area contributed by atoms with Gasteiger partial charge in [0.1, 0.15) is 6.61 Å². The minimum Gasteiger partial charge on any atom is -0.461 e. The molecule has 0 aromatic carbocycles. The normalized spacial score (nSPS) is 47.0. The van der Waals surface area contributed by atoms with Gasteiger partial charge in [-0.3, -0.25) is 0 Å². The summed E-state index contributed by atoms with van der Waals surface area (Å²) in [7, 11) is 0. The van der Waals surface area contributed by atoms with Crippen molar-refractivity contribution >= 4 is 5.97 Å². The highest BCUT2D eigenvalue weighted by Crippen LogP contribution is 2.64. The van der Waals surface area contributed by atoms with Gasteiger partial charge < -0.3 is 14.8 Å². The average Bonchev–Trinajstić information content (AvgIpc) is 2.81. The molecule has 4 fully saturated rings. The van der Waals surface area contributed by atoms with Crippen LogP contribution in [-0.4, -0.2) is 37.4 Å². The Morgan fingerprint density at radius 3 is 3.00 bits per heavy atom. The number of carbonyl (C=O) groups excluding carboxylic acids is 1. The molecule has 3 aliphatic carbocycles. The van der Waals surface area contributed by atoms with E-state index in [-0.39, 0.29) is 5.97 Å². The Kier molecular flexibility index (Phi) is 2.93. The molecule has 0 amide bonds. The van der Waals surface area contributed by atoms with E-state index in [0.29, 0.717) is 30.4 Å². The number of hydrogen-bond acceptors (Lipinski definition) is 4. The molecule has 20 heavy (non-hydrogen) atoms. The summed E-state index contributed by atoms with van der Waals surface area (Å²) in [6.07, 6.45) is 5.18. The van der Waals surface area contributed by atoms with E-state index >= 15 is 0 Å². The molecule has 4 rings (SSSR count). The van der Waals surface area contributed by atoms with Gasteiger partial charge in [0.05, 0.1) is 12.2 Å². The zero-order chi connectivity index (χ0) is 13.9. The van der Waals surface area contributed by atoms with Gasteiger partial charge in [0.15, 0.2) is 0 Å². The molecule has 7 atom stereocenters. The largest absolute Gasteiger partial charge is 0.461 e. The highest BCUT2D eigenvalue weighted by Gasteiger charge is 2.66. The molecule has 7 unspecified atom stereocenters. The Bertz CT molecular complexity index is 449. The van der Waals surface area contributed by atoms with Crippen molar-refractivity contribution in [3.8, 4) is 0 Å². The summed E-state index contributed by atoms with van der Waals surface area (Å²) in [6.45, 7) is 6.47. The van der Waals surface area contributed by atoms with Crippen molar-refractivity contribution in [1.82, 2.24) is 5.32 Å². The van der Waals surface area contributed by atoms with Crippen molar-refractivity contribution in [3.63, 3.8) is 0 Å². The maximum atomic E-state index is 11.3. The molecular weight excluding hydrogens is 254 g/mol. The Labute approximate surface area is 119 Å². The number of hydrogen-bond donors (Lipinski definition) is 1. The van der Waals surface area contributed by atoms with E-state index in [1.165, 1.54) is 19.3 Å². The van der Waals surface area contributed by atoms with Gasteiger partial charge in [-0.25, -0.2) is 4.79 Å². The molecule has 2 bridgehead atoms. The Hall–Kier alpha value is -0.870. The lowest BCUT2D eigenvalue weighted by Crippen LogP contribution is -2.42. The second-order valence-corrected chi connectivity index (χ2v) is 6.99. The maximum absolute atomic E-state index is 11.3. The average molecular weight is 277 g/mol. The zero-order valence-corrected chi connectivity index (χ0v) is 12.0. The summed E-state index contributed by atoms with van der Waals surface area (Å²) in [5.74, 6) is 3.18. The van der Waals surface area contributed by atoms with Gasteiger partial charge in [-0.15, -0.1) is 0 Å². The number of ether oxygens (including phenoxy) is 2. The second kappa shape index (κ2) is 4.57. The van der Waals surface area contributed by atoms with Crippen LogP contribution in [0.1, 0.15) is 26.2 Å². The van der Waals surface area contributed by atoms with Crippen LogP contribution in [0.25, 0.3) is 0 Å². The molecule has 0 radical (unpaired) electrons. The van der Waals surface area contributed by atoms with E-state index in [0.717, 1.165) is 30.2 Å². The first kappa shape index (κ1) is 12.8. The molecule has 1 N–H and O–H groups in total. The van der Waals surface area contributed by atoms with E-state index in [1.807, 2.05) is 0 Å². The summed E-state index contributed by atoms with van der Waals surface area (Å²) in [4.78, 5) is 11.3. The van der Waals surface area contributed by atoms with Crippen LogP contribution in [0.5, 0.6) is 0 Å². The minimum absolute atomic E-state index is 0.284. The molecule has 4 aliphatic rings. The fraction of sp³-hybridized carbons (Fsp3) is 0.812. The molecule has 0 aromatic heterocycles. The Morgan fingerprint density at radius 1 is 1.35 bits per heavy atom. The van der Waals surface area contributed by atoms with Crippen LogP contribution in [0.15, 0.2) is 12.2 Å². The highest BCUT2D eigenvalue weighted by molar-refractivity contribution is 5.86. The molecule has 110 valence electrons. The number of epoxide rings is 1. The standard InChI is InChI=1S/C16H23NO3/c1-8(2)16(18)19-4-3-17-12-6-9-5-10(12)11-7-13-15(20-13)14(9)11/h9-15,17H,1,3-7H2,2H3. The van der Waals surface area contributed by atoms with Crippen molar-refractivity contribution in [2.45, 2.75) is 44.4 Å². The maximum Gasteiger partial charge on any atom is 0.333 e. The van der Waals surface area contributed by atoms with Gasteiger partial charge in [-0.2, -0.15) is 0 Å². The Morgan fingerprint density at radius 2 is 2.20 bits per heavy atom. The van der Waals surface area contributed by atoms with Gasteiger partial charge in [0.25, 0.3) is 0 Å². The molecule has 0 aromatic rings. The summed E-state index contributed by atoms with van der Waals surface area (Å²) in [6, 6.07) is 0.627. The van der Waals surface area contributed by atoms with Crippen LogP contribution in [0, 0.1) is 23.7 Å². The van der Waals surface area contributed by atoms with Gasteiger partial charge in [0, 0.05) is 18.2 Å². The topological polar surface area (TPSA) is 50.9 Å². The van der Waals surface area contributed by atoms with Crippen molar-refractivity contribution < 1.29 is 14.3 Å². The van der Waals surface area contributed by atoms with E-state index in [4.69, 9.17) is 9.47 Å². The molecule has 1 aliphatic heterocycles. The van der Waals surface area contributed by atoms with E-state index in [2.05, 4.69) is 11.9 Å². The number of nitrogens with one attached hydrogen (secondary N) is 1. The molecule has 1 saturated heterocycles. The summed E-state index contributed by atoms with van der Waals surface area (Å²) < 4.78 is 10.8. The first-order chi connectivity index (χ1) is 9.65. The van der Waals surface area contributed by atoms with Gasteiger partial charge in [0.2, 0.25) is 0 Å². The fourth-order valence-electron chi connectivity index (χ4n) is 5.08. The summed E-state index contributed by atoms with van der Waals surface area (Å²) in [5.41, 5.74) is 0.470. The van der Waals surface area contributed by atoms with E-state index in [1.54, 1.807) is 6.92 Å². The van der Waals surface area contributed by atoms with Gasteiger partial charge in [-0.1, -0.05) is 6.58 Å². The van der Waals surface area contributed by atoms with Crippen molar-refractivity contribution in [2.75, 3.05) is 13.2 Å². The third-order valence-corrected chi connectivity index (χ3v) is 5.83. The number of fused-ring (bicyclic) bond motifs is 7. The van der Waals surface area contributed by atoms with Crippen LogP contribution in [-0.2, 0) is 14.3 Å².